The molecule has 2 heterocycles. The van der Waals surface area contributed by atoms with E-state index in [4.69, 9.17) is 4.74 Å². The molecule has 3 aromatic carbocycles. The number of fused-ring (bicyclic) bond motifs is 2. The predicted molar refractivity (Wildman–Crippen MR) is 122 cm³/mol. The van der Waals surface area contributed by atoms with Gasteiger partial charge in [0.2, 0.25) is 5.91 Å². The molecule has 8 nitrogen and oxygen atoms in total. The van der Waals surface area contributed by atoms with Gasteiger partial charge in [0.05, 0.1) is 13.2 Å². The molecule has 2 N–H and O–H groups in total. The van der Waals surface area contributed by atoms with Crippen molar-refractivity contribution in [1.82, 2.24) is 15.4 Å². The minimum Gasteiger partial charge on any atom is -0.497 e. The third kappa shape index (κ3) is 3.76. The molecule has 162 valence electrons. The molecule has 0 bridgehead atoms. The lowest BCUT2D eigenvalue weighted by molar-refractivity contribution is -0.139. The van der Waals surface area contributed by atoms with Gasteiger partial charge in [-0.25, -0.2) is 10.4 Å². The molecular formula is C24H23N5O3. The molecule has 2 amide bonds. The maximum atomic E-state index is 13.1. The first-order valence-corrected chi connectivity index (χ1v) is 10.4. The van der Waals surface area contributed by atoms with Gasteiger partial charge in [0, 0.05) is 11.8 Å². The largest absolute Gasteiger partial charge is 0.497 e. The Bertz CT molecular complexity index is 1210. The number of nitrogens with one attached hydrogen (secondary N) is 2. The summed E-state index contributed by atoms with van der Waals surface area (Å²) in [5.41, 5.74) is 5.12. The van der Waals surface area contributed by atoms with Crippen LogP contribution in [-0.2, 0) is 9.59 Å². The maximum Gasteiger partial charge on any atom is 0.267 e. The van der Waals surface area contributed by atoms with Crippen LogP contribution in [0.15, 0.2) is 71.8 Å². The topological polar surface area (TPSA) is 86.3 Å². The number of hydrogen-bond acceptors (Lipinski definition) is 6. The molecule has 0 aliphatic carbocycles. The highest BCUT2D eigenvalue weighted by Gasteiger charge is 2.41. The number of nitrogens with zero attached hydrogens (tertiary/aromatic N) is 3. The van der Waals surface area contributed by atoms with Crippen molar-refractivity contribution < 1.29 is 14.3 Å². The fourth-order valence-corrected chi connectivity index (χ4v) is 4.25. The summed E-state index contributed by atoms with van der Waals surface area (Å²) < 4.78 is 5.17. The molecule has 1 fully saturated rings. The number of hydrazone groups is 1. The van der Waals surface area contributed by atoms with Crippen molar-refractivity contribution in [3.05, 3.63) is 72.3 Å². The number of hydrogen-bond donors (Lipinski definition) is 2. The van der Waals surface area contributed by atoms with Crippen LogP contribution in [0, 0.1) is 0 Å². The molecule has 1 saturated heterocycles. The molecule has 2 aliphatic rings. The highest BCUT2D eigenvalue weighted by molar-refractivity contribution is 5.96. The highest BCUT2D eigenvalue weighted by atomic mass is 16.5. The van der Waals surface area contributed by atoms with Crippen LogP contribution < -0.4 is 15.5 Å². The second-order valence-electron chi connectivity index (χ2n) is 7.82. The fraction of sp³-hybridized carbons (Fsp3) is 0.208. The van der Waals surface area contributed by atoms with Crippen LogP contribution in [0.5, 0.6) is 5.75 Å². The molecule has 2 unspecified atom stereocenters. The summed E-state index contributed by atoms with van der Waals surface area (Å²) in [4.78, 5) is 25.6. The van der Waals surface area contributed by atoms with Crippen molar-refractivity contribution >= 4 is 34.6 Å². The predicted octanol–water partition coefficient (Wildman–Crippen LogP) is 2.89. The minimum atomic E-state index is -0.416. The van der Waals surface area contributed by atoms with Gasteiger partial charge in [-0.3, -0.25) is 14.6 Å². The van der Waals surface area contributed by atoms with E-state index in [1.807, 2.05) is 18.2 Å². The smallest absolute Gasteiger partial charge is 0.267 e. The molecule has 5 rings (SSSR count). The lowest BCUT2D eigenvalue weighted by Crippen LogP contribution is -2.52. The maximum absolute atomic E-state index is 13.1. The van der Waals surface area contributed by atoms with Crippen molar-refractivity contribution in [2.75, 3.05) is 19.0 Å². The highest BCUT2D eigenvalue weighted by Crippen LogP contribution is 2.33. The van der Waals surface area contributed by atoms with Crippen molar-refractivity contribution in [2.24, 2.45) is 5.10 Å². The number of amides is 2. The average Bonchev–Trinajstić information content (AvgIpc) is 3.25. The molecular weight excluding hydrogens is 406 g/mol. The van der Waals surface area contributed by atoms with Gasteiger partial charge in [-0.05, 0) is 34.9 Å². The molecule has 2 atom stereocenters. The van der Waals surface area contributed by atoms with Crippen molar-refractivity contribution in [3.8, 4) is 5.75 Å². The van der Waals surface area contributed by atoms with Crippen LogP contribution in [0.2, 0.25) is 0 Å². The molecule has 0 saturated carbocycles. The van der Waals surface area contributed by atoms with Crippen LogP contribution in [0.3, 0.4) is 0 Å². The van der Waals surface area contributed by atoms with E-state index >= 15 is 0 Å². The summed E-state index contributed by atoms with van der Waals surface area (Å²) in [6, 6.07) is 21.0. The van der Waals surface area contributed by atoms with Gasteiger partial charge in [-0.1, -0.05) is 48.5 Å². The van der Waals surface area contributed by atoms with Gasteiger partial charge in [0.25, 0.3) is 5.91 Å². The summed E-state index contributed by atoms with van der Waals surface area (Å²) in [5, 5.41) is 12.3. The minimum absolute atomic E-state index is 0.0212. The van der Waals surface area contributed by atoms with Crippen LogP contribution >= 0.6 is 0 Å². The third-order valence-corrected chi connectivity index (χ3v) is 5.80. The van der Waals surface area contributed by atoms with Crippen LogP contribution in [0.1, 0.15) is 18.0 Å². The van der Waals surface area contributed by atoms with Crippen LogP contribution in [0.25, 0.3) is 10.8 Å². The van der Waals surface area contributed by atoms with E-state index in [-0.39, 0.29) is 24.4 Å². The number of benzene rings is 3. The van der Waals surface area contributed by atoms with Crippen LogP contribution in [-0.4, -0.2) is 47.9 Å². The first kappa shape index (κ1) is 20.0. The zero-order valence-corrected chi connectivity index (χ0v) is 17.6. The van der Waals surface area contributed by atoms with Gasteiger partial charge in [0.1, 0.15) is 24.7 Å². The normalized spacial score (nSPS) is 19.8. The lowest BCUT2D eigenvalue weighted by atomic mass is 9.96. The quantitative estimate of drug-likeness (QED) is 0.651. The Kier molecular flexibility index (Phi) is 5.20. The van der Waals surface area contributed by atoms with E-state index < -0.39 is 6.04 Å². The van der Waals surface area contributed by atoms with E-state index in [1.54, 1.807) is 42.7 Å². The Labute approximate surface area is 185 Å². The van der Waals surface area contributed by atoms with E-state index in [0.29, 0.717) is 17.9 Å². The summed E-state index contributed by atoms with van der Waals surface area (Å²) >= 11 is 0. The Morgan fingerprint density at radius 3 is 2.84 bits per heavy atom. The molecule has 0 radical (unpaired) electrons. The molecule has 8 heteroatoms. The summed E-state index contributed by atoms with van der Waals surface area (Å²) in [5.74, 6) is 0.110. The Morgan fingerprint density at radius 1 is 1.16 bits per heavy atom. The number of ether oxygens (including phenoxy) is 1. The van der Waals surface area contributed by atoms with E-state index in [9.17, 15) is 9.59 Å². The molecule has 32 heavy (non-hydrogen) atoms. The van der Waals surface area contributed by atoms with Gasteiger partial charge in [0.15, 0.2) is 0 Å². The third-order valence-electron chi connectivity index (χ3n) is 5.80. The second-order valence-corrected chi connectivity index (χ2v) is 7.82. The monoisotopic (exact) mass is 429 g/mol. The first-order chi connectivity index (χ1) is 15.6. The molecule has 0 aromatic heterocycles. The van der Waals surface area contributed by atoms with Gasteiger partial charge >= 0.3 is 0 Å². The molecule has 2 aliphatic heterocycles. The van der Waals surface area contributed by atoms with E-state index in [0.717, 1.165) is 16.3 Å². The van der Waals surface area contributed by atoms with Crippen molar-refractivity contribution in [2.45, 2.75) is 18.5 Å². The molecule has 3 aromatic rings. The SMILES string of the molecule is COc1cccc(NC(=O)CN2N=CN3NC(c4cccc5ccccc45)CC3C2=O)c1. The Hall–Kier alpha value is -3.91. The van der Waals surface area contributed by atoms with E-state index in [2.05, 4.69) is 40.1 Å². The Balaban J connectivity index is 1.27. The number of carbonyl (C=O) groups excluding carboxylic acids is 2. The summed E-state index contributed by atoms with van der Waals surface area (Å²) in [6.45, 7) is -0.157. The van der Waals surface area contributed by atoms with Gasteiger partial charge in [-0.15, -0.1) is 0 Å². The Morgan fingerprint density at radius 2 is 1.97 bits per heavy atom. The first-order valence-electron chi connectivity index (χ1n) is 10.4. The standard InChI is InChI=1S/C24H23N5O3/c1-32-18-9-5-8-17(12-18)26-23(30)14-28-24(31)22-13-21(27-29(22)15-25-28)20-11-4-7-16-6-2-3-10-19(16)20/h2-12,15,21-22,27H,13-14H2,1H3,(H,26,30). The summed E-state index contributed by atoms with van der Waals surface area (Å²) in [7, 11) is 1.56. The summed E-state index contributed by atoms with van der Waals surface area (Å²) in [6.07, 6.45) is 2.17. The average molecular weight is 429 g/mol. The number of rotatable bonds is 5. The lowest BCUT2D eigenvalue weighted by Gasteiger charge is -2.29. The fourth-order valence-electron chi connectivity index (χ4n) is 4.25. The van der Waals surface area contributed by atoms with Crippen molar-refractivity contribution in [3.63, 3.8) is 0 Å². The second kappa shape index (κ2) is 8.32. The zero-order valence-electron chi connectivity index (χ0n) is 17.6. The molecule has 0 spiro atoms. The number of methoxy groups -OCH3 is 1. The van der Waals surface area contributed by atoms with Crippen molar-refractivity contribution in [1.29, 1.82) is 0 Å². The van der Waals surface area contributed by atoms with E-state index in [1.165, 1.54) is 5.01 Å². The van der Waals surface area contributed by atoms with Crippen LogP contribution in [0.4, 0.5) is 5.69 Å². The van der Waals surface area contributed by atoms with Gasteiger partial charge < -0.3 is 10.1 Å². The number of anilines is 1. The number of hydrazine groups is 1. The zero-order chi connectivity index (χ0) is 22.1. The van der Waals surface area contributed by atoms with Gasteiger partial charge in [-0.2, -0.15) is 5.10 Å². The number of carbonyl (C=O) groups is 2.